The van der Waals surface area contributed by atoms with Gasteiger partial charge in [-0.2, -0.15) is 0 Å². The van der Waals surface area contributed by atoms with Gasteiger partial charge in [0.05, 0.1) is 36.8 Å². The van der Waals surface area contributed by atoms with Crippen molar-refractivity contribution in [2.45, 2.75) is 20.3 Å². The lowest BCUT2D eigenvalue weighted by Gasteiger charge is -2.31. The average Bonchev–Trinajstić information content (AvgIpc) is 2.62. The quantitative estimate of drug-likeness (QED) is 0.609. The molecule has 1 aliphatic rings. The number of carbonyl (C=O) groups excluding carboxylic acids is 2. The summed E-state index contributed by atoms with van der Waals surface area (Å²) in [6.45, 7) is 6.56. The van der Waals surface area contributed by atoms with Crippen LogP contribution in [0, 0.1) is 0 Å². The molecule has 1 aliphatic heterocycles. The van der Waals surface area contributed by atoms with E-state index in [2.05, 4.69) is 15.5 Å². The van der Waals surface area contributed by atoms with E-state index >= 15 is 0 Å². The second kappa shape index (κ2) is 9.33. The Bertz CT molecular complexity index is 645. The largest absolute Gasteiger partial charge is 0.462 e. The van der Waals surface area contributed by atoms with Crippen molar-refractivity contribution in [3.05, 3.63) is 23.8 Å². The van der Waals surface area contributed by atoms with E-state index in [9.17, 15) is 9.59 Å². The number of benzene rings is 1. The summed E-state index contributed by atoms with van der Waals surface area (Å²) in [6.07, 6.45) is 0.334. The smallest absolute Gasteiger partial charge is 0.338 e. The highest BCUT2D eigenvalue weighted by atomic mass is 32.1. The number of rotatable bonds is 5. The highest BCUT2D eigenvalue weighted by Gasteiger charge is 2.18. The van der Waals surface area contributed by atoms with Crippen molar-refractivity contribution in [3.63, 3.8) is 0 Å². The molecule has 136 valence electrons. The van der Waals surface area contributed by atoms with Crippen LogP contribution in [0.1, 0.15) is 30.6 Å². The van der Waals surface area contributed by atoms with Crippen LogP contribution in [-0.4, -0.2) is 49.9 Å². The van der Waals surface area contributed by atoms with E-state index in [0.29, 0.717) is 37.5 Å². The van der Waals surface area contributed by atoms with Crippen molar-refractivity contribution < 1.29 is 19.1 Å². The SMILES string of the molecule is CCOC(=O)c1ccc(N2CCOCC2)c(NC(=S)NC(=O)CC)c1. The lowest BCUT2D eigenvalue weighted by atomic mass is 10.1. The molecule has 1 aromatic rings. The zero-order valence-corrected chi connectivity index (χ0v) is 15.3. The molecule has 0 spiro atoms. The number of morpholine rings is 1. The zero-order valence-electron chi connectivity index (χ0n) is 14.5. The third-order valence-corrected chi connectivity index (χ3v) is 3.89. The van der Waals surface area contributed by atoms with Gasteiger partial charge >= 0.3 is 5.97 Å². The Morgan fingerprint density at radius 3 is 2.64 bits per heavy atom. The van der Waals surface area contributed by atoms with E-state index in [1.165, 1.54) is 0 Å². The van der Waals surface area contributed by atoms with Gasteiger partial charge in [0, 0.05) is 19.5 Å². The fraction of sp³-hybridized carbons (Fsp3) is 0.471. The molecule has 2 rings (SSSR count). The number of anilines is 2. The van der Waals surface area contributed by atoms with Crippen LogP contribution < -0.4 is 15.5 Å². The minimum absolute atomic E-state index is 0.174. The van der Waals surface area contributed by atoms with Crippen LogP contribution in [0.15, 0.2) is 18.2 Å². The number of ether oxygens (including phenoxy) is 2. The summed E-state index contributed by atoms with van der Waals surface area (Å²) in [4.78, 5) is 25.7. The van der Waals surface area contributed by atoms with Crippen molar-refractivity contribution in [3.8, 4) is 0 Å². The maximum Gasteiger partial charge on any atom is 0.338 e. The van der Waals surface area contributed by atoms with Gasteiger partial charge < -0.3 is 25.0 Å². The second-order valence-electron chi connectivity index (χ2n) is 5.41. The molecule has 0 bridgehead atoms. The molecular weight excluding hydrogens is 342 g/mol. The molecule has 1 aromatic carbocycles. The molecule has 8 heteroatoms. The first-order valence-electron chi connectivity index (χ1n) is 8.29. The van der Waals surface area contributed by atoms with Crippen molar-refractivity contribution in [1.29, 1.82) is 0 Å². The van der Waals surface area contributed by atoms with Crippen molar-refractivity contribution in [1.82, 2.24) is 5.32 Å². The molecule has 2 N–H and O–H groups in total. The summed E-state index contributed by atoms with van der Waals surface area (Å²) in [6, 6.07) is 5.26. The number of thiocarbonyl (C=S) groups is 1. The molecule has 1 amide bonds. The van der Waals surface area contributed by atoms with Crippen molar-refractivity contribution in [2.75, 3.05) is 43.1 Å². The first-order valence-corrected chi connectivity index (χ1v) is 8.70. The Balaban J connectivity index is 2.26. The fourth-order valence-corrected chi connectivity index (χ4v) is 2.65. The number of hydrogen-bond acceptors (Lipinski definition) is 6. The standard InChI is InChI=1S/C17H23N3O4S/c1-3-15(21)19-17(25)18-13-11-12(16(22)24-4-2)5-6-14(13)20-7-9-23-10-8-20/h5-6,11H,3-4,7-10H2,1-2H3,(H2,18,19,21,25). The summed E-state index contributed by atoms with van der Waals surface area (Å²) in [7, 11) is 0. The van der Waals surface area contributed by atoms with Crippen molar-refractivity contribution >= 4 is 40.6 Å². The van der Waals surface area contributed by atoms with Crippen LogP contribution in [-0.2, 0) is 14.3 Å². The van der Waals surface area contributed by atoms with E-state index < -0.39 is 5.97 Å². The van der Waals surface area contributed by atoms with Gasteiger partial charge in [0.1, 0.15) is 0 Å². The third kappa shape index (κ3) is 5.40. The topological polar surface area (TPSA) is 79.9 Å². The summed E-state index contributed by atoms with van der Waals surface area (Å²) in [5, 5.41) is 5.82. The lowest BCUT2D eigenvalue weighted by molar-refractivity contribution is -0.119. The predicted molar refractivity (Wildman–Crippen MR) is 100 cm³/mol. The Labute approximate surface area is 152 Å². The van der Waals surface area contributed by atoms with Crippen LogP contribution in [0.2, 0.25) is 0 Å². The van der Waals surface area contributed by atoms with Crippen LogP contribution in [0.3, 0.4) is 0 Å². The number of nitrogens with one attached hydrogen (secondary N) is 2. The van der Waals surface area contributed by atoms with E-state index in [0.717, 1.165) is 18.8 Å². The van der Waals surface area contributed by atoms with Gasteiger partial charge in [0.2, 0.25) is 5.91 Å². The molecule has 0 aliphatic carbocycles. The second-order valence-corrected chi connectivity index (χ2v) is 5.82. The van der Waals surface area contributed by atoms with E-state index in [1.54, 1.807) is 26.0 Å². The Hall–Kier alpha value is -2.19. The number of esters is 1. The van der Waals surface area contributed by atoms with Crippen LogP contribution >= 0.6 is 12.2 Å². The fourth-order valence-electron chi connectivity index (χ4n) is 2.43. The van der Waals surface area contributed by atoms with Gasteiger partial charge in [0.15, 0.2) is 5.11 Å². The number of hydrogen-bond donors (Lipinski definition) is 2. The Morgan fingerprint density at radius 2 is 2.00 bits per heavy atom. The normalized spacial score (nSPS) is 13.9. The maximum absolute atomic E-state index is 12.0. The number of amides is 1. The summed E-state index contributed by atoms with van der Waals surface area (Å²) in [5.41, 5.74) is 1.96. The van der Waals surface area contributed by atoms with Gasteiger partial charge in [-0.25, -0.2) is 4.79 Å². The molecule has 25 heavy (non-hydrogen) atoms. The van der Waals surface area contributed by atoms with E-state index in [-0.39, 0.29) is 11.0 Å². The van der Waals surface area contributed by atoms with Gasteiger partial charge in [-0.1, -0.05) is 6.92 Å². The summed E-state index contributed by atoms with van der Waals surface area (Å²) >= 11 is 5.20. The van der Waals surface area contributed by atoms with Gasteiger partial charge in [-0.05, 0) is 37.3 Å². The molecule has 0 atom stereocenters. The van der Waals surface area contributed by atoms with Crippen LogP contribution in [0.4, 0.5) is 11.4 Å². The maximum atomic E-state index is 12.0. The molecular formula is C17H23N3O4S. The molecule has 1 fully saturated rings. The van der Waals surface area contributed by atoms with Crippen LogP contribution in [0.5, 0.6) is 0 Å². The molecule has 7 nitrogen and oxygen atoms in total. The van der Waals surface area contributed by atoms with Gasteiger partial charge in [-0.3, -0.25) is 4.79 Å². The monoisotopic (exact) mass is 365 g/mol. The van der Waals surface area contributed by atoms with Gasteiger partial charge in [-0.15, -0.1) is 0 Å². The Kier molecular flexibility index (Phi) is 7.15. The molecule has 1 heterocycles. The Morgan fingerprint density at radius 1 is 1.28 bits per heavy atom. The summed E-state index contributed by atoms with van der Waals surface area (Å²) in [5.74, 6) is -0.574. The number of nitrogens with zero attached hydrogens (tertiary/aromatic N) is 1. The predicted octanol–water partition coefficient (Wildman–Crippen LogP) is 1.92. The first-order chi connectivity index (χ1) is 12.0. The highest BCUT2D eigenvalue weighted by molar-refractivity contribution is 7.80. The first kappa shape index (κ1) is 19.1. The molecule has 0 unspecified atom stereocenters. The minimum atomic E-state index is -0.400. The lowest BCUT2D eigenvalue weighted by Crippen LogP contribution is -2.38. The highest BCUT2D eigenvalue weighted by Crippen LogP contribution is 2.28. The van der Waals surface area contributed by atoms with Gasteiger partial charge in [0.25, 0.3) is 0 Å². The van der Waals surface area contributed by atoms with E-state index in [4.69, 9.17) is 21.7 Å². The molecule has 0 saturated carbocycles. The molecule has 1 saturated heterocycles. The third-order valence-electron chi connectivity index (χ3n) is 3.68. The summed E-state index contributed by atoms with van der Waals surface area (Å²) < 4.78 is 10.4. The van der Waals surface area contributed by atoms with E-state index in [1.807, 2.05) is 6.07 Å². The molecule has 0 aromatic heterocycles. The van der Waals surface area contributed by atoms with Crippen LogP contribution in [0.25, 0.3) is 0 Å². The number of carbonyl (C=O) groups is 2. The average molecular weight is 365 g/mol. The zero-order chi connectivity index (χ0) is 18.2. The minimum Gasteiger partial charge on any atom is -0.462 e. The van der Waals surface area contributed by atoms with Crippen molar-refractivity contribution in [2.24, 2.45) is 0 Å². The molecule has 0 radical (unpaired) electrons.